The van der Waals surface area contributed by atoms with Crippen molar-refractivity contribution in [3.8, 4) is 23.1 Å². The van der Waals surface area contributed by atoms with E-state index in [1.54, 1.807) is 23.8 Å². The van der Waals surface area contributed by atoms with Crippen molar-refractivity contribution >= 4 is 0 Å². The minimum Gasteiger partial charge on any atom is -0.497 e. The van der Waals surface area contributed by atoms with Crippen molar-refractivity contribution < 1.29 is 4.74 Å². The van der Waals surface area contributed by atoms with Crippen LogP contribution in [0.4, 0.5) is 0 Å². The van der Waals surface area contributed by atoms with Gasteiger partial charge in [-0.15, -0.1) is 0 Å². The molecule has 0 saturated carbocycles. The van der Waals surface area contributed by atoms with E-state index in [9.17, 15) is 4.79 Å². The summed E-state index contributed by atoms with van der Waals surface area (Å²) >= 11 is 0. The predicted octanol–water partition coefficient (Wildman–Crippen LogP) is 2.13. The number of hydrogen-bond acceptors (Lipinski definition) is 4. The third-order valence-corrected chi connectivity index (χ3v) is 3.62. The Kier molecular flexibility index (Phi) is 4.97. The number of nitriles is 1. The molecule has 0 fully saturated rings. The third kappa shape index (κ3) is 3.18. The van der Waals surface area contributed by atoms with Crippen LogP contribution in [0.3, 0.4) is 0 Å². The van der Waals surface area contributed by atoms with Gasteiger partial charge in [-0.2, -0.15) is 5.26 Å². The van der Waals surface area contributed by atoms with Crippen molar-refractivity contribution in [2.45, 2.75) is 25.9 Å². The van der Waals surface area contributed by atoms with Gasteiger partial charge in [0.1, 0.15) is 17.4 Å². The van der Waals surface area contributed by atoms with Crippen LogP contribution < -0.4 is 16.0 Å². The first-order chi connectivity index (χ1) is 10.6. The van der Waals surface area contributed by atoms with Crippen LogP contribution in [0.15, 0.2) is 41.2 Å². The molecule has 22 heavy (non-hydrogen) atoms. The Morgan fingerprint density at radius 1 is 1.27 bits per heavy atom. The van der Waals surface area contributed by atoms with Gasteiger partial charge in [0.05, 0.1) is 12.8 Å². The van der Waals surface area contributed by atoms with Gasteiger partial charge >= 0.3 is 0 Å². The maximum atomic E-state index is 12.4. The molecule has 2 rings (SSSR count). The third-order valence-electron chi connectivity index (χ3n) is 3.62. The number of benzene rings is 1. The lowest BCUT2D eigenvalue weighted by molar-refractivity contribution is 0.415. The second kappa shape index (κ2) is 6.92. The van der Waals surface area contributed by atoms with Crippen LogP contribution in [0.2, 0.25) is 0 Å². The minimum atomic E-state index is -0.306. The van der Waals surface area contributed by atoms with Gasteiger partial charge in [-0.1, -0.05) is 6.92 Å². The number of pyridine rings is 1. The highest BCUT2D eigenvalue weighted by atomic mass is 16.5. The maximum Gasteiger partial charge on any atom is 0.268 e. The normalized spacial score (nSPS) is 11.7. The number of rotatable bonds is 5. The summed E-state index contributed by atoms with van der Waals surface area (Å²) in [7, 11) is 1.60. The Hall–Kier alpha value is -2.58. The molecule has 1 aromatic carbocycles. The lowest BCUT2D eigenvalue weighted by Crippen LogP contribution is -2.33. The zero-order valence-corrected chi connectivity index (χ0v) is 12.7. The molecule has 2 N–H and O–H groups in total. The van der Waals surface area contributed by atoms with Crippen molar-refractivity contribution in [3.63, 3.8) is 0 Å². The molecule has 0 aliphatic rings. The fourth-order valence-corrected chi connectivity index (χ4v) is 2.22. The van der Waals surface area contributed by atoms with E-state index in [4.69, 9.17) is 15.7 Å². The van der Waals surface area contributed by atoms with Crippen molar-refractivity contribution in [1.82, 2.24) is 4.57 Å². The van der Waals surface area contributed by atoms with Crippen LogP contribution in [0, 0.1) is 11.3 Å². The molecule has 0 amide bonds. The predicted molar refractivity (Wildman–Crippen MR) is 85.7 cm³/mol. The number of aromatic nitrogens is 1. The molecule has 1 atom stereocenters. The maximum absolute atomic E-state index is 12.4. The van der Waals surface area contributed by atoms with Crippen LogP contribution in [0.25, 0.3) is 11.3 Å². The molecule has 1 aromatic heterocycles. The van der Waals surface area contributed by atoms with Crippen LogP contribution in [-0.4, -0.2) is 17.7 Å². The fraction of sp³-hybridized carbons (Fsp3) is 0.294. The van der Waals surface area contributed by atoms with Crippen LogP contribution >= 0.6 is 0 Å². The molecule has 0 bridgehead atoms. The number of methoxy groups -OCH3 is 1. The SMILES string of the molecule is CCC(N)Cn1c(-c2ccc(OC)cc2)ccc(C#N)c1=O. The van der Waals surface area contributed by atoms with Gasteiger partial charge in [-0.05, 0) is 48.4 Å². The molecule has 2 aromatic rings. The number of nitrogens with two attached hydrogens (primary N) is 1. The second-order valence-electron chi connectivity index (χ2n) is 5.06. The molecule has 0 aliphatic carbocycles. The first-order valence-corrected chi connectivity index (χ1v) is 7.14. The van der Waals surface area contributed by atoms with Crippen molar-refractivity contribution in [3.05, 3.63) is 52.3 Å². The highest BCUT2D eigenvalue weighted by molar-refractivity contribution is 5.61. The largest absolute Gasteiger partial charge is 0.497 e. The Morgan fingerprint density at radius 2 is 1.95 bits per heavy atom. The Balaban J connectivity index is 2.56. The van der Waals surface area contributed by atoms with Gasteiger partial charge in [-0.25, -0.2) is 0 Å². The van der Waals surface area contributed by atoms with Gasteiger partial charge < -0.3 is 15.0 Å². The lowest BCUT2D eigenvalue weighted by Gasteiger charge is -2.17. The highest BCUT2D eigenvalue weighted by Gasteiger charge is 2.12. The van der Waals surface area contributed by atoms with E-state index in [1.165, 1.54) is 0 Å². The fourth-order valence-electron chi connectivity index (χ4n) is 2.22. The van der Waals surface area contributed by atoms with Crippen LogP contribution in [-0.2, 0) is 6.54 Å². The van der Waals surface area contributed by atoms with Crippen LogP contribution in [0.5, 0.6) is 5.75 Å². The minimum absolute atomic E-state index is 0.126. The van der Waals surface area contributed by atoms with E-state index < -0.39 is 0 Å². The first-order valence-electron chi connectivity index (χ1n) is 7.14. The molecule has 114 valence electrons. The van der Waals surface area contributed by atoms with Gasteiger partial charge in [0.2, 0.25) is 0 Å². The van der Waals surface area contributed by atoms with Gasteiger partial charge in [0.25, 0.3) is 5.56 Å². The monoisotopic (exact) mass is 297 g/mol. The summed E-state index contributed by atoms with van der Waals surface area (Å²) < 4.78 is 6.72. The molecular formula is C17H19N3O2. The molecule has 0 radical (unpaired) electrons. The number of nitrogens with zero attached hydrogens (tertiary/aromatic N) is 2. The smallest absolute Gasteiger partial charge is 0.268 e. The number of ether oxygens (including phenoxy) is 1. The molecule has 1 unspecified atom stereocenters. The van der Waals surface area contributed by atoms with E-state index in [-0.39, 0.29) is 17.2 Å². The molecule has 0 spiro atoms. The summed E-state index contributed by atoms with van der Waals surface area (Å²) in [4.78, 5) is 12.4. The Labute approximate surface area is 129 Å². The van der Waals surface area contributed by atoms with Crippen molar-refractivity contribution in [1.29, 1.82) is 5.26 Å². The van der Waals surface area contributed by atoms with E-state index in [1.807, 2.05) is 37.3 Å². The number of hydrogen-bond donors (Lipinski definition) is 1. The molecule has 5 heteroatoms. The first kappa shape index (κ1) is 15.8. The molecule has 0 saturated heterocycles. The average molecular weight is 297 g/mol. The van der Waals surface area contributed by atoms with Crippen molar-refractivity contribution in [2.75, 3.05) is 7.11 Å². The summed E-state index contributed by atoms with van der Waals surface area (Å²) in [5.74, 6) is 0.747. The highest BCUT2D eigenvalue weighted by Crippen LogP contribution is 2.22. The van der Waals surface area contributed by atoms with Gasteiger partial charge in [0, 0.05) is 12.6 Å². The van der Waals surface area contributed by atoms with Crippen LogP contribution in [0.1, 0.15) is 18.9 Å². The summed E-state index contributed by atoms with van der Waals surface area (Å²) in [5.41, 5.74) is 7.44. The molecule has 1 heterocycles. The summed E-state index contributed by atoms with van der Waals surface area (Å²) in [6.07, 6.45) is 0.755. The van der Waals surface area contributed by atoms with Gasteiger partial charge in [0.15, 0.2) is 0 Å². The van der Waals surface area contributed by atoms with E-state index in [2.05, 4.69) is 0 Å². The lowest BCUT2D eigenvalue weighted by atomic mass is 10.1. The Morgan fingerprint density at radius 3 is 2.50 bits per heavy atom. The standard InChI is InChI=1S/C17H19N3O2/c1-3-14(19)11-20-16(9-6-13(10-18)17(20)21)12-4-7-15(22-2)8-5-12/h4-9,14H,3,11,19H2,1-2H3. The van der Waals surface area contributed by atoms with E-state index >= 15 is 0 Å². The topological polar surface area (TPSA) is 81.0 Å². The molecule has 5 nitrogen and oxygen atoms in total. The Bertz CT molecular complexity index is 742. The molecule has 0 aliphatic heterocycles. The zero-order chi connectivity index (χ0) is 16.1. The zero-order valence-electron chi connectivity index (χ0n) is 12.7. The molecular weight excluding hydrogens is 278 g/mol. The second-order valence-corrected chi connectivity index (χ2v) is 5.06. The van der Waals surface area contributed by atoms with Gasteiger partial charge in [-0.3, -0.25) is 4.79 Å². The summed E-state index contributed by atoms with van der Waals surface area (Å²) in [5, 5.41) is 9.05. The van der Waals surface area contributed by atoms with Crippen molar-refractivity contribution in [2.24, 2.45) is 5.73 Å². The summed E-state index contributed by atoms with van der Waals surface area (Å²) in [6.45, 7) is 2.35. The summed E-state index contributed by atoms with van der Waals surface area (Å²) in [6, 6.07) is 12.6. The van der Waals surface area contributed by atoms with E-state index in [0.29, 0.717) is 6.54 Å². The average Bonchev–Trinajstić information content (AvgIpc) is 2.56. The van der Waals surface area contributed by atoms with E-state index in [0.717, 1.165) is 23.4 Å². The quantitative estimate of drug-likeness (QED) is 0.916.